The van der Waals surface area contributed by atoms with Crippen LogP contribution in [0.5, 0.6) is 0 Å². The Balaban J connectivity index is 1.27. The molecular formula is C20H26N4O2. The number of hydrogen-bond donors (Lipinski definition) is 2. The summed E-state index contributed by atoms with van der Waals surface area (Å²) < 4.78 is 0. The molecule has 3 atom stereocenters. The normalized spacial score (nSPS) is 31.9. The monoisotopic (exact) mass is 354 g/mol. The van der Waals surface area contributed by atoms with Crippen LogP contribution in [-0.4, -0.2) is 52.8 Å². The zero-order valence-electron chi connectivity index (χ0n) is 15.0. The zero-order chi connectivity index (χ0) is 17.7. The van der Waals surface area contributed by atoms with Gasteiger partial charge in [-0.15, -0.1) is 0 Å². The van der Waals surface area contributed by atoms with Crippen LogP contribution in [0.2, 0.25) is 0 Å². The minimum Gasteiger partial charge on any atom is -0.311 e. The summed E-state index contributed by atoms with van der Waals surface area (Å²) in [5.41, 5.74) is 4.04. The minimum atomic E-state index is -0.174. The SMILES string of the molecule is O=C1CCC(N2Cc3ccc(CN4CC5CCC4CN5)cc3C2)C(=O)N1. The molecule has 0 aromatic heterocycles. The van der Waals surface area contributed by atoms with Crippen LogP contribution in [0, 0.1) is 0 Å². The Morgan fingerprint density at radius 2 is 1.96 bits per heavy atom. The van der Waals surface area contributed by atoms with Crippen LogP contribution in [0.3, 0.4) is 0 Å². The lowest BCUT2D eigenvalue weighted by Crippen LogP contribution is -2.60. The Morgan fingerprint density at radius 1 is 1.08 bits per heavy atom. The molecule has 0 aliphatic carbocycles. The number of rotatable bonds is 3. The molecule has 2 bridgehead atoms. The van der Waals surface area contributed by atoms with Crippen molar-refractivity contribution in [3.05, 3.63) is 34.9 Å². The number of piperazine rings is 1. The van der Waals surface area contributed by atoms with Gasteiger partial charge in [-0.25, -0.2) is 0 Å². The summed E-state index contributed by atoms with van der Waals surface area (Å²) in [4.78, 5) is 28.4. The molecule has 2 N–H and O–H groups in total. The molecule has 0 radical (unpaired) electrons. The van der Waals surface area contributed by atoms with Gasteiger partial charge in [0, 0.05) is 51.2 Å². The van der Waals surface area contributed by atoms with E-state index < -0.39 is 0 Å². The standard InChI is InChI=1S/C20H26N4O2/c25-19-6-5-18(20(26)22-19)24-10-14-2-1-13(7-15(14)11-24)9-23-12-16-3-4-17(23)8-21-16/h1-2,7,16-18,21H,3-6,8-12H2,(H,22,25,26). The molecule has 1 aromatic rings. The van der Waals surface area contributed by atoms with E-state index in [0.717, 1.165) is 32.7 Å². The number of nitrogens with one attached hydrogen (secondary N) is 2. The van der Waals surface area contributed by atoms with E-state index in [9.17, 15) is 9.59 Å². The highest BCUT2D eigenvalue weighted by Gasteiger charge is 2.35. The first-order valence-electron chi connectivity index (χ1n) is 9.81. The molecule has 138 valence electrons. The van der Waals surface area contributed by atoms with Gasteiger partial charge >= 0.3 is 0 Å². The molecular weight excluding hydrogens is 328 g/mol. The Bertz CT molecular complexity index is 741. The lowest BCUT2D eigenvalue weighted by Gasteiger charge is -2.46. The predicted molar refractivity (Wildman–Crippen MR) is 97.1 cm³/mol. The number of amides is 2. The lowest BCUT2D eigenvalue weighted by molar-refractivity contribution is -0.137. The third-order valence-electron chi connectivity index (χ3n) is 6.52. The summed E-state index contributed by atoms with van der Waals surface area (Å²) in [7, 11) is 0. The van der Waals surface area contributed by atoms with Gasteiger partial charge in [0.05, 0.1) is 6.04 Å². The molecule has 0 spiro atoms. The van der Waals surface area contributed by atoms with Crippen LogP contribution < -0.4 is 10.6 Å². The number of carbonyl (C=O) groups is 2. The number of carbonyl (C=O) groups excluding carboxylic acids is 2. The Hall–Kier alpha value is -1.76. The maximum atomic E-state index is 12.2. The summed E-state index contributed by atoms with van der Waals surface area (Å²) in [6.45, 7) is 4.92. The molecule has 1 aromatic carbocycles. The van der Waals surface area contributed by atoms with Crippen LogP contribution in [0.25, 0.3) is 0 Å². The van der Waals surface area contributed by atoms with Crippen molar-refractivity contribution in [1.29, 1.82) is 0 Å². The van der Waals surface area contributed by atoms with Crippen LogP contribution in [0.15, 0.2) is 18.2 Å². The van der Waals surface area contributed by atoms with Crippen LogP contribution >= 0.6 is 0 Å². The van der Waals surface area contributed by atoms with Gasteiger partial charge in [-0.1, -0.05) is 18.2 Å². The Labute approximate surface area is 153 Å². The minimum absolute atomic E-state index is 0.133. The molecule has 4 fully saturated rings. The van der Waals surface area contributed by atoms with Crippen molar-refractivity contribution >= 4 is 11.8 Å². The van der Waals surface area contributed by atoms with E-state index >= 15 is 0 Å². The molecule has 3 unspecified atom stereocenters. The van der Waals surface area contributed by atoms with Crippen molar-refractivity contribution in [3.63, 3.8) is 0 Å². The van der Waals surface area contributed by atoms with Crippen LogP contribution in [-0.2, 0) is 29.2 Å². The molecule has 5 heterocycles. The number of imide groups is 1. The molecule has 5 aliphatic heterocycles. The Kier molecular flexibility index (Phi) is 4.07. The van der Waals surface area contributed by atoms with Crippen molar-refractivity contribution in [1.82, 2.24) is 20.4 Å². The second-order valence-corrected chi connectivity index (χ2v) is 8.24. The lowest BCUT2D eigenvalue weighted by atomic mass is 9.92. The predicted octanol–water partition coefficient (Wildman–Crippen LogP) is 0.744. The van der Waals surface area contributed by atoms with Gasteiger partial charge in [0.2, 0.25) is 11.8 Å². The van der Waals surface area contributed by atoms with E-state index in [2.05, 4.69) is 38.6 Å². The number of benzene rings is 1. The topological polar surface area (TPSA) is 64.7 Å². The summed E-state index contributed by atoms with van der Waals surface area (Å²) in [5.74, 6) is -0.276. The van der Waals surface area contributed by atoms with Gasteiger partial charge in [0.1, 0.15) is 0 Å². The average molecular weight is 354 g/mol. The quantitative estimate of drug-likeness (QED) is 0.784. The van der Waals surface area contributed by atoms with Crippen molar-refractivity contribution in [2.75, 3.05) is 13.1 Å². The largest absolute Gasteiger partial charge is 0.311 e. The second-order valence-electron chi connectivity index (χ2n) is 8.24. The highest BCUT2D eigenvalue weighted by molar-refractivity contribution is 6.00. The number of hydrogen-bond acceptors (Lipinski definition) is 5. The fourth-order valence-corrected chi connectivity index (χ4v) is 5.05. The Morgan fingerprint density at radius 3 is 2.69 bits per heavy atom. The number of nitrogens with zero attached hydrogens (tertiary/aromatic N) is 2. The maximum absolute atomic E-state index is 12.2. The van der Waals surface area contributed by atoms with E-state index in [4.69, 9.17) is 0 Å². The first kappa shape index (κ1) is 16.4. The van der Waals surface area contributed by atoms with Gasteiger partial charge < -0.3 is 5.32 Å². The van der Waals surface area contributed by atoms with Gasteiger partial charge in [-0.3, -0.25) is 24.7 Å². The molecule has 4 saturated heterocycles. The van der Waals surface area contributed by atoms with Gasteiger partial charge in [-0.2, -0.15) is 0 Å². The van der Waals surface area contributed by atoms with E-state index in [-0.39, 0.29) is 17.9 Å². The van der Waals surface area contributed by atoms with E-state index in [1.54, 1.807) is 0 Å². The van der Waals surface area contributed by atoms with Crippen molar-refractivity contribution in [3.8, 4) is 0 Å². The third kappa shape index (κ3) is 2.96. The van der Waals surface area contributed by atoms with E-state index in [0.29, 0.717) is 24.9 Å². The molecule has 6 rings (SSSR count). The summed E-state index contributed by atoms with van der Waals surface area (Å²) in [6, 6.07) is 7.98. The maximum Gasteiger partial charge on any atom is 0.243 e. The number of piperidine rings is 3. The van der Waals surface area contributed by atoms with Crippen LogP contribution in [0.1, 0.15) is 42.4 Å². The third-order valence-corrected chi connectivity index (χ3v) is 6.52. The smallest absolute Gasteiger partial charge is 0.243 e. The first-order valence-corrected chi connectivity index (χ1v) is 9.81. The molecule has 5 aliphatic rings. The van der Waals surface area contributed by atoms with Crippen molar-refractivity contribution in [2.24, 2.45) is 0 Å². The molecule has 6 heteroatoms. The van der Waals surface area contributed by atoms with Gasteiger partial charge in [0.15, 0.2) is 0 Å². The summed E-state index contributed by atoms with van der Waals surface area (Å²) in [5, 5.41) is 6.10. The highest BCUT2D eigenvalue weighted by Crippen LogP contribution is 2.29. The van der Waals surface area contributed by atoms with Crippen molar-refractivity contribution in [2.45, 2.75) is 63.4 Å². The average Bonchev–Trinajstić information content (AvgIpc) is 3.05. The molecule has 26 heavy (non-hydrogen) atoms. The summed E-state index contributed by atoms with van der Waals surface area (Å²) >= 11 is 0. The van der Waals surface area contributed by atoms with Gasteiger partial charge in [0.25, 0.3) is 0 Å². The van der Waals surface area contributed by atoms with Crippen molar-refractivity contribution < 1.29 is 9.59 Å². The summed E-state index contributed by atoms with van der Waals surface area (Å²) in [6.07, 6.45) is 3.70. The van der Waals surface area contributed by atoms with Gasteiger partial charge in [-0.05, 0) is 36.0 Å². The highest BCUT2D eigenvalue weighted by atomic mass is 16.2. The number of fused-ring (bicyclic) bond motifs is 4. The molecule has 0 saturated carbocycles. The van der Waals surface area contributed by atoms with E-state index in [1.807, 2.05) is 0 Å². The second kappa shape index (κ2) is 6.44. The molecule has 2 amide bonds. The molecule has 6 nitrogen and oxygen atoms in total. The fourth-order valence-electron chi connectivity index (χ4n) is 5.05. The zero-order valence-corrected chi connectivity index (χ0v) is 15.0. The van der Waals surface area contributed by atoms with E-state index in [1.165, 1.54) is 29.5 Å². The van der Waals surface area contributed by atoms with Crippen LogP contribution in [0.4, 0.5) is 0 Å². The first-order chi connectivity index (χ1) is 12.7. The fraction of sp³-hybridized carbons (Fsp3) is 0.600.